The van der Waals surface area contributed by atoms with E-state index in [1.54, 1.807) is 6.07 Å². The number of fused-ring (bicyclic) bond motifs is 1. The lowest BCUT2D eigenvalue weighted by molar-refractivity contribution is 0.534. The van der Waals surface area contributed by atoms with E-state index in [0.717, 1.165) is 48.9 Å². The first-order valence-electron chi connectivity index (χ1n) is 10.2. The highest BCUT2D eigenvalue weighted by Gasteiger charge is 2.23. The first-order chi connectivity index (χ1) is 14.4. The highest BCUT2D eigenvalue weighted by Crippen LogP contribution is 2.30. The molecule has 160 valence electrons. The topological polar surface area (TPSA) is 66.6 Å². The summed E-state index contributed by atoms with van der Waals surface area (Å²) in [6.07, 6.45) is 3.69. The van der Waals surface area contributed by atoms with Crippen molar-refractivity contribution in [3.05, 3.63) is 64.8 Å². The number of nitrogens with one attached hydrogen (secondary N) is 2. The Morgan fingerprint density at radius 3 is 2.80 bits per heavy atom. The molecule has 8 heteroatoms. The Morgan fingerprint density at radius 1 is 1.20 bits per heavy atom. The Labute approximate surface area is 181 Å². The van der Waals surface area contributed by atoms with Crippen LogP contribution in [0.4, 0.5) is 4.39 Å². The molecular weight excluding hydrogens is 403 g/mol. The molecule has 0 aliphatic rings. The standard InChI is InChI=1S/C22H28ClFN6/c1-4-25-21(27-15-22(2,3)17-11-10-16(24)14-18(17)23)26-12-7-9-20-29-28-19-8-5-6-13-30(19)20/h5-6,8,10-11,13-14H,4,7,9,12,15H2,1-3H3,(H2,25,26,27). The van der Waals surface area contributed by atoms with Crippen LogP contribution in [0.25, 0.3) is 5.65 Å². The second-order valence-electron chi connectivity index (χ2n) is 7.78. The molecule has 3 rings (SSSR count). The van der Waals surface area contributed by atoms with E-state index in [0.29, 0.717) is 11.6 Å². The number of aryl methyl sites for hydroxylation is 1. The Bertz CT molecular complexity index is 1010. The minimum absolute atomic E-state index is 0.326. The zero-order valence-corrected chi connectivity index (χ0v) is 18.4. The molecule has 0 atom stereocenters. The smallest absolute Gasteiger partial charge is 0.191 e. The van der Waals surface area contributed by atoms with Crippen molar-refractivity contribution in [1.82, 2.24) is 25.2 Å². The van der Waals surface area contributed by atoms with Gasteiger partial charge in [0, 0.05) is 36.1 Å². The Morgan fingerprint density at radius 2 is 2.03 bits per heavy atom. The third-order valence-electron chi connectivity index (χ3n) is 4.89. The summed E-state index contributed by atoms with van der Waals surface area (Å²) in [6.45, 7) is 8.17. The fourth-order valence-electron chi connectivity index (χ4n) is 3.26. The molecular formula is C22H28ClFN6. The van der Waals surface area contributed by atoms with Gasteiger partial charge in [0.05, 0.1) is 6.54 Å². The van der Waals surface area contributed by atoms with E-state index >= 15 is 0 Å². The minimum atomic E-state index is -0.335. The largest absolute Gasteiger partial charge is 0.357 e. The van der Waals surface area contributed by atoms with Crippen LogP contribution in [0, 0.1) is 5.82 Å². The van der Waals surface area contributed by atoms with Gasteiger partial charge in [0.2, 0.25) is 0 Å². The third kappa shape index (κ3) is 5.48. The van der Waals surface area contributed by atoms with Crippen LogP contribution in [0.3, 0.4) is 0 Å². The maximum Gasteiger partial charge on any atom is 0.191 e. The quantitative estimate of drug-likeness (QED) is 0.322. The van der Waals surface area contributed by atoms with E-state index in [9.17, 15) is 4.39 Å². The molecule has 0 bridgehead atoms. The number of aliphatic imine (C=N–C) groups is 1. The molecule has 0 amide bonds. The zero-order chi connectivity index (χ0) is 21.6. The molecule has 0 fully saturated rings. The molecule has 0 aliphatic carbocycles. The van der Waals surface area contributed by atoms with Gasteiger partial charge >= 0.3 is 0 Å². The van der Waals surface area contributed by atoms with Crippen LogP contribution < -0.4 is 10.6 Å². The summed E-state index contributed by atoms with van der Waals surface area (Å²) >= 11 is 6.25. The first kappa shape index (κ1) is 22.0. The van der Waals surface area contributed by atoms with Gasteiger partial charge in [-0.2, -0.15) is 0 Å². The summed E-state index contributed by atoms with van der Waals surface area (Å²) in [4.78, 5) is 4.72. The molecule has 6 nitrogen and oxygen atoms in total. The van der Waals surface area contributed by atoms with E-state index < -0.39 is 0 Å². The number of guanidine groups is 1. The third-order valence-corrected chi connectivity index (χ3v) is 5.20. The van der Waals surface area contributed by atoms with Crippen molar-refractivity contribution in [2.24, 2.45) is 4.99 Å². The molecule has 2 heterocycles. The molecule has 0 saturated heterocycles. The van der Waals surface area contributed by atoms with Crippen LogP contribution in [0.5, 0.6) is 0 Å². The molecule has 0 saturated carbocycles. The molecule has 0 radical (unpaired) electrons. The summed E-state index contributed by atoms with van der Waals surface area (Å²) in [5, 5.41) is 15.5. The fraction of sp³-hybridized carbons (Fsp3) is 0.409. The monoisotopic (exact) mass is 430 g/mol. The predicted octanol–water partition coefficient (Wildman–Crippen LogP) is 3.99. The number of aromatic nitrogens is 3. The molecule has 0 aliphatic heterocycles. The molecule has 0 unspecified atom stereocenters. The number of hydrogen-bond acceptors (Lipinski definition) is 3. The molecule has 3 aromatic rings. The lowest BCUT2D eigenvalue weighted by Crippen LogP contribution is -2.39. The Balaban J connectivity index is 1.57. The summed E-state index contributed by atoms with van der Waals surface area (Å²) in [7, 11) is 0. The highest BCUT2D eigenvalue weighted by atomic mass is 35.5. The van der Waals surface area contributed by atoms with Crippen molar-refractivity contribution >= 4 is 23.2 Å². The Kier molecular flexibility index (Phi) is 7.26. The normalized spacial score (nSPS) is 12.4. The predicted molar refractivity (Wildman–Crippen MR) is 120 cm³/mol. The lowest BCUT2D eigenvalue weighted by Gasteiger charge is -2.25. The van der Waals surface area contributed by atoms with Gasteiger partial charge in [0.25, 0.3) is 0 Å². The molecule has 1 aromatic carbocycles. The summed E-state index contributed by atoms with van der Waals surface area (Å²) < 4.78 is 15.4. The fourth-order valence-corrected chi connectivity index (χ4v) is 3.68. The number of rotatable bonds is 8. The van der Waals surface area contributed by atoms with Crippen LogP contribution in [-0.2, 0) is 11.8 Å². The number of nitrogens with zero attached hydrogens (tertiary/aromatic N) is 4. The van der Waals surface area contributed by atoms with Crippen LogP contribution >= 0.6 is 11.6 Å². The van der Waals surface area contributed by atoms with Gasteiger partial charge in [-0.15, -0.1) is 10.2 Å². The number of halogens is 2. The molecule has 30 heavy (non-hydrogen) atoms. The van der Waals surface area contributed by atoms with Crippen LogP contribution in [0.2, 0.25) is 5.02 Å². The average Bonchev–Trinajstić information content (AvgIpc) is 3.12. The first-order valence-corrected chi connectivity index (χ1v) is 10.5. The van der Waals surface area contributed by atoms with Gasteiger partial charge in [0.15, 0.2) is 11.6 Å². The SMILES string of the molecule is CCNC(=NCC(C)(C)c1ccc(F)cc1Cl)NCCCc1nnc2ccccn12. The summed E-state index contributed by atoms with van der Waals surface area (Å²) in [5.74, 6) is 1.36. The van der Waals surface area contributed by atoms with Gasteiger partial charge in [-0.1, -0.05) is 37.6 Å². The van der Waals surface area contributed by atoms with Gasteiger partial charge in [-0.05, 0) is 43.2 Å². The van der Waals surface area contributed by atoms with Gasteiger partial charge in [-0.3, -0.25) is 9.39 Å². The van der Waals surface area contributed by atoms with Crippen molar-refractivity contribution in [3.63, 3.8) is 0 Å². The van der Waals surface area contributed by atoms with Crippen molar-refractivity contribution in [1.29, 1.82) is 0 Å². The van der Waals surface area contributed by atoms with Crippen molar-refractivity contribution in [3.8, 4) is 0 Å². The van der Waals surface area contributed by atoms with E-state index in [4.69, 9.17) is 16.6 Å². The van der Waals surface area contributed by atoms with Crippen LogP contribution in [-0.4, -0.2) is 40.2 Å². The number of hydrogen-bond donors (Lipinski definition) is 2. The van der Waals surface area contributed by atoms with Gasteiger partial charge in [0.1, 0.15) is 11.6 Å². The number of pyridine rings is 1. The Hall–Kier alpha value is -2.67. The van der Waals surface area contributed by atoms with Crippen LogP contribution in [0.15, 0.2) is 47.6 Å². The van der Waals surface area contributed by atoms with E-state index in [1.165, 1.54) is 12.1 Å². The zero-order valence-electron chi connectivity index (χ0n) is 17.6. The maximum atomic E-state index is 13.4. The van der Waals surface area contributed by atoms with Crippen LogP contribution in [0.1, 0.15) is 38.6 Å². The molecule has 0 spiro atoms. The molecule has 2 aromatic heterocycles. The minimum Gasteiger partial charge on any atom is -0.357 e. The van der Waals surface area contributed by atoms with Crippen molar-refractivity contribution < 1.29 is 4.39 Å². The van der Waals surface area contributed by atoms with Gasteiger partial charge in [-0.25, -0.2) is 4.39 Å². The number of benzene rings is 1. The second kappa shape index (κ2) is 9.89. The van der Waals surface area contributed by atoms with Crippen molar-refractivity contribution in [2.75, 3.05) is 19.6 Å². The van der Waals surface area contributed by atoms with E-state index in [1.807, 2.05) is 35.7 Å². The van der Waals surface area contributed by atoms with Gasteiger partial charge < -0.3 is 10.6 Å². The summed E-state index contributed by atoms with van der Waals surface area (Å²) in [6, 6.07) is 10.4. The maximum absolute atomic E-state index is 13.4. The molecule has 2 N–H and O–H groups in total. The van der Waals surface area contributed by atoms with Crippen molar-refractivity contribution in [2.45, 2.75) is 39.0 Å². The highest BCUT2D eigenvalue weighted by molar-refractivity contribution is 6.31. The van der Waals surface area contributed by atoms with E-state index in [2.05, 4.69) is 34.7 Å². The lowest BCUT2D eigenvalue weighted by atomic mass is 9.84. The second-order valence-corrected chi connectivity index (χ2v) is 8.19. The average molecular weight is 431 g/mol. The van der Waals surface area contributed by atoms with E-state index in [-0.39, 0.29) is 11.2 Å². The summed E-state index contributed by atoms with van der Waals surface area (Å²) in [5.41, 5.74) is 1.41.